The summed E-state index contributed by atoms with van der Waals surface area (Å²) in [5.74, 6) is -0.596. The van der Waals surface area contributed by atoms with E-state index in [0.29, 0.717) is 12.2 Å². The van der Waals surface area contributed by atoms with E-state index >= 15 is 0 Å². The van der Waals surface area contributed by atoms with Gasteiger partial charge in [0.25, 0.3) is 5.69 Å². The third-order valence-electron chi connectivity index (χ3n) is 4.29. The van der Waals surface area contributed by atoms with E-state index in [1.807, 2.05) is 29.2 Å². The predicted octanol–water partition coefficient (Wildman–Crippen LogP) is 4.69. The maximum Gasteiger partial charge on any atom is 0.295 e. The third kappa shape index (κ3) is 2.50. The molecule has 0 radical (unpaired) electrons. The van der Waals surface area contributed by atoms with Crippen molar-refractivity contribution in [2.75, 3.05) is 11.4 Å². The number of fused-ring (bicyclic) bond motifs is 1. The molecule has 24 heavy (non-hydrogen) atoms. The summed E-state index contributed by atoms with van der Waals surface area (Å²) in [5.41, 5.74) is 1.21. The standard InChI is InChI=1S/C17H14FN3O2S/c18-11-7-8-13(15(10-11)21(22)23)20-9-3-5-14(20)17-19-12-4-1-2-6-16(12)24-17/h1-2,4,6-8,10,14H,3,5,9H2. The molecule has 4 rings (SSSR count). The second-order valence-corrected chi connectivity index (χ2v) is 6.82. The molecule has 0 amide bonds. The molecule has 0 bridgehead atoms. The van der Waals surface area contributed by atoms with Crippen molar-refractivity contribution in [2.45, 2.75) is 18.9 Å². The zero-order valence-corrected chi connectivity index (χ0v) is 13.5. The molecule has 0 aliphatic carbocycles. The Kier molecular flexibility index (Phi) is 3.65. The van der Waals surface area contributed by atoms with Gasteiger partial charge in [-0.15, -0.1) is 11.3 Å². The molecule has 1 saturated heterocycles. The van der Waals surface area contributed by atoms with Gasteiger partial charge < -0.3 is 4.90 Å². The molecule has 122 valence electrons. The van der Waals surface area contributed by atoms with Crippen LogP contribution in [0.2, 0.25) is 0 Å². The maximum absolute atomic E-state index is 13.4. The summed E-state index contributed by atoms with van der Waals surface area (Å²) in [6, 6.07) is 11.7. The van der Waals surface area contributed by atoms with E-state index in [9.17, 15) is 14.5 Å². The average Bonchev–Trinajstić information content (AvgIpc) is 3.20. The minimum Gasteiger partial charge on any atom is -0.357 e. The Morgan fingerprint density at radius 1 is 1.29 bits per heavy atom. The van der Waals surface area contributed by atoms with Gasteiger partial charge in [0.2, 0.25) is 0 Å². The molecule has 1 aromatic heterocycles. The van der Waals surface area contributed by atoms with Gasteiger partial charge >= 0.3 is 0 Å². The lowest BCUT2D eigenvalue weighted by atomic mass is 10.2. The van der Waals surface area contributed by atoms with Gasteiger partial charge in [-0.25, -0.2) is 9.37 Å². The van der Waals surface area contributed by atoms with Crippen LogP contribution >= 0.6 is 11.3 Å². The van der Waals surface area contributed by atoms with Crippen molar-refractivity contribution in [1.82, 2.24) is 4.98 Å². The summed E-state index contributed by atoms with van der Waals surface area (Å²) in [7, 11) is 0. The van der Waals surface area contributed by atoms with Crippen LogP contribution in [-0.2, 0) is 0 Å². The van der Waals surface area contributed by atoms with E-state index < -0.39 is 10.7 Å². The number of nitro benzene ring substituents is 1. The number of para-hydroxylation sites is 1. The van der Waals surface area contributed by atoms with Crippen molar-refractivity contribution in [3.63, 3.8) is 0 Å². The van der Waals surface area contributed by atoms with Gasteiger partial charge in [-0.05, 0) is 37.1 Å². The largest absolute Gasteiger partial charge is 0.357 e. The fourth-order valence-corrected chi connectivity index (χ4v) is 4.35. The van der Waals surface area contributed by atoms with Crippen molar-refractivity contribution < 1.29 is 9.31 Å². The molecule has 0 N–H and O–H groups in total. The number of thiazole rings is 1. The first-order valence-corrected chi connectivity index (χ1v) is 8.51. The highest BCUT2D eigenvalue weighted by Gasteiger charge is 2.33. The third-order valence-corrected chi connectivity index (χ3v) is 5.43. The van der Waals surface area contributed by atoms with Gasteiger partial charge in [0.1, 0.15) is 16.5 Å². The fourth-order valence-electron chi connectivity index (χ4n) is 3.23. The summed E-state index contributed by atoms with van der Waals surface area (Å²) in [6.07, 6.45) is 1.81. The van der Waals surface area contributed by atoms with Crippen LogP contribution in [0.25, 0.3) is 10.2 Å². The first-order chi connectivity index (χ1) is 11.6. The number of anilines is 1. The normalized spacial score (nSPS) is 17.5. The SMILES string of the molecule is O=[N+]([O-])c1cc(F)ccc1N1CCCC1c1nc2ccccc2s1. The summed E-state index contributed by atoms with van der Waals surface area (Å²) in [4.78, 5) is 17.5. The van der Waals surface area contributed by atoms with Crippen LogP contribution in [0.5, 0.6) is 0 Å². The molecule has 1 aliphatic rings. The van der Waals surface area contributed by atoms with E-state index in [1.165, 1.54) is 12.1 Å². The summed E-state index contributed by atoms with van der Waals surface area (Å²) >= 11 is 1.61. The lowest BCUT2D eigenvalue weighted by Gasteiger charge is -2.24. The molecule has 0 spiro atoms. The number of hydrogen-bond donors (Lipinski definition) is 0. The molecule has 1 aliphatic heterocycles. The monoisotopic (exact) mass is 343 g/mol. The molecule has 1 fully saturated rings. The lowest BCUT2D eigenvalue weighted by molar-refractivity contribution is -0.384. The van der Waals surface area contributed by atoms with Crippen LogP contribution in [0.1, 0.15) is 23.9 Å². The topological polar surface area (TPSA) is 59.3 Å². The second kappa shape index (κ2) is 5.83. The Morgan fingerprint density at radius 2 is 2.12 bits per heavy atom. The van der Waals surface area contributed by atoms with E-state index in [4.69, 9.17) is 4.98 Å². The quantitative estimate of drug-likeness (QED) is 0.511. The second-order valence-electron chi connectivity index (χ2n) is 5.76. The van der Waals surface area contributed by atoms with E-state index in [2.05, 4.69) is 0 Å². The van der Waals surface area contributed by atoms with Crippen LogP contribution in [0.3, 0.4) is 0 Å². The van der Waals surface area contributed by atoms with Crippen LogP contribution in [-0.4, -0.2) is 16.5 Å². The van der Waals surface area contributed by atoms with Crippen molar-refractivity contribution >= 4 is 32.9 Å². The molecule has 7 heteroatoms. The highest BCUT2D eigenvalue weighted by molar-refractivity contribution is 7.18. The van der Waals surface area contributed by atoms with Gasteiger partial charge in [-0.1, -0.05) is 12.1 Å². The summed E-state index contributed by atoms with van der Waals surface area (Å²) in [5, 5.41) is 12.3. The van der Waals surface area contributed by atoms with Gasteiger partial charge in [0.15, 0.2) is 0 Å². The van der Waals surface area contributed by atoms with Crippen molar-refractivity contribution in [1.29, 1.82) is 0 Å². The number of hydrogen-bond acceptors (Lipinski definition) is 5. The van der Waals surface area contributed by atoms with Gasteiger partial charge in [0, 0.05) is 6.54 Å². The molecule has 2 aromatic carbocycles. The first kappa shape index (κ1) is 15.0. The zero-order valence-electron chi connectivity index (χ0n) is 12.7. The smallest absolute Gasteiger partial charge is 0.295 e. The predicted molar refractivity (Wildman–Crippen MR) is 92.0 cm³/mol. The number of nitro groups is 1. The molecule has 1 atom stereocenters. The van der Waals surface area contributed by atoms with Gasteiger partial charge in [-0.2, -0.15) is 0 Å². The van der Waals surface area contributed by atoms with Gasteiger partial charge in [0.05, 0.1) is 27.2 Å². The minimum absolute atomic E-state index is 0.00781. The molecule has 2 heterocycles. The number of nitrogens with zero attached hydrogens (tertiary/aromatic N) is 3. The van der Waals surface area contributed by atoms with Gasteiger partial charge in [-0.3, -0.25) is 10.1 Å². The molecular formula is C17H14FN3O2S. The van der Waals surface area contributed by atoms with E-state index in [0.717, 1.165) is 34.1 Å². The lowest BCUT2D eigenvalue weighted by Crippen LogP contribution is -2.23. The number of rotatable bonds is 3. The Balaban J connectivity index is 1.77. The van der Waals surface area contributed by atoms with Crippen LogP contribution in [0.15, 0.2) is 42.5 Å². The molecular weight excluding hydrogens is 329 g/mol. The van der Waals surface area contributed by atoms with Crippen LogP contribution in [0.4, 0.5) is 15.8 Å². The summed E-state index contributed by atoms with van der Waals surface area (Å²) in [6.45, 7) is 0.701. The highest BCUT2D eigenvalue weighted by atomic mass is 32.1. The minimum atomic E-state index is -0.596. The maximum atomic E-state index is 13.4. The van der Waals surface area contributed by atoms with Crippen molar-refractivity contribution in [3.8, 4) is 0 Å². The molecule has 5 nitrogen and oxygen atoms in total. The van der Waals surface area contributed by atoms with Crippen LogP contribution in [0, 0.1) is 15.9 Å². The average molecular weight is 343 g/mol. The van der Waals surface area contributed by atoms with E-state index in [1.54, 1.807) is 11.3 Å². The Morgan fingerprint density at radius 3 is 2.92 bits per heavy atom. The summed E-state index contributed by atoms with van der Waals surface area (Å²) < 4.78 is 14.5. The number of benzene rings is 2. The Bertz CT molecular complexity index is 894. The van der Waals surface area contributed by atoms with E-state index in [-0.39, 0.29) is 11.7 Å². The number of halogens is 1. The first-order valence-electron chi connectivity index (χ1n) is 7.69. The Labute approximate surface area is 141 Å². The fraction of sp³-hybridized carbons (Fsp3) is 0.235. The molecule has 3 aromatic rings. The highest BCUT2D eigenvalue weighted by Crippen LogP contribution is 2.42. The van der Waals surface area contributed by atoms with Crippen molar-refractivity contribution in [3.05, 3.63) is 63.4 Å². The molecule has 0 saturated carbocycles. The number of aromatic nitrogens is 1. The molecule has 1 unspecified atom stereocenters. The van der Waals surface area contributed by atoms with Crippen LogP contribution < -0.4 is 4.90 Å². The Hall–Kier alpha value is -2.54. The zero-order chi connectivity index (χ0) is 16.7. The van der Waals surface area contributed by atoms with Crippen molar-refractivity contribution in [2.24, 2.45) is 0 Å².